The van der Waals surface area contributed by atoms with Crippen molar-refractivity contribution >= 4 is 40.4 Å². The number of aromatic nitrogens is 1. The third-order valence-electron chi connectivity index (χ3n) is 3.37. The molecule has 2 heterocycles. The number of amides is 1. The maximum atomic E-state index is 11.1. The predicted octanol–water partition coefficient (Wildman–Crippen LogP) is 3.66. The number of carbonyl (C=O) groups excluding carboxylic acids is 1. The minimum atomic E-state index is -0.0311. The molecule has 24 heavy (non-hydrogen) atoms. The molecule has 1 amide bonds. The van der Waals surface area contributed by atoms with E-state index in [1.165, 1.54) is 11.8 Å². The zero-order valence-corrected chi connectivity index (χ0v) is 15.4. The van der Waals surface area contributed by atoms with Crippen molar-refractivity contribution in [2.24, 2.45) is 10.2 Å². The Kier molecular flexibility index (Phi) is 4.82. The number of amidine groups is 1. The van der Waals surface area contributed by atoms with Crippen LogP contribution in [0.25, 0.3) is 10.6 Å². The van der Waals surface area contributed by atoms with E-state index in [0.717, 1.165) is 21.8 Å². The molecule has 1 aromatic carbocycles. The number of thioether (sulfide) groups is 1. The summed E-state index contributed by atoms with van der Waals surface area (Å²) in [5.41, 5.74) is 3.22. The van der Waals surface area contributed by atoms with E-state index >= 15 is 0 Å². The molecule has 0 spiro atoms. The maximum Gasteiger partial charge on any atom is 0.236 e. The van der Waals surface area contributed by atoms with Crippen LogP contribution in [0.15, 0.2) is 39.8 Å². The normalized spacial score (nSPS) is 17.0. The average Bonchev–Trinajstić information content (AvgIpc) is 3.17. The quantitative estimate of drug-likeness (QED) is 0.672. The highest BCUT2D eigenvalue weighted by Gasteiger charge is 2.18. The summed E-state index contributed by atoms with van der Waals surface area (Å²) < 4.78 is 0. The fourth-order valence-corrected chi connectivity index (χ4v) is 3.67. The van der Waals surface area contributed by atoms with Crippen molar-refractivity contribution in [2.75, 3.05) is 5.75 Å². The molecule has 124 valence electrons. The third-order valence-corrected chi connectivity index (χ3v) is 5.13. The van der Waals surface area contributed by atoms with E-state index in [-0.39, 0.29) is 11.3 Å². The Morgan fingerprint density at radius 3 is 2.58 bits per heavy atom. The molecule has 0 unspecified atom stereocenters. The summed E-state index contributed by atoms with van der Waals surface area (Å²) in [6, 6.07) is 8.03. The Balaban J connectivity index is 1.69. The molecular weight excluding hydrogens is 340 g/mol. The van der Waals surface area contributed by atoms with E-state index in [0.29, 0.717) is 10.9 Å². The molecule has 5 nitrogen and oxygen atoms in total. The topological polar surface area (TPSA) is 66.7 Å². The van der Waals surface area contributed by atoms with E-state index in [1.807, 2.05) is 24.3 Å². The number of hydrogen-bond donors (Lipinski definition) is 1. The lowest BCUT2D eigenvalue weighted by molar-refractivity contribution is -0.116. The zero-order valence-electron chi connectivity index (χ0n) is 13.7. The first-order chi connectivity index (χ1) is 11.4. The van der Waals surface area contributed by atoms with Crippen LogP contribution in [0.4, 0.5) is 0 Å². The summed E-state index contributed by atoms with van der Waals surface area (Å²) in [4.78, 5) is 15.8. The molecule has 0 radical (unpaired) electrons. The fourth-order valence-electron chi connectivity index (χ4n) is 1.99. The van der Waals surface area contributed by atoms with Crippen LogP contribution in [-0.4, -0.2) is 28.0 Å². The van der Waals surface area contributed by atoms with Crippen molar-refractivity contribution < 1.29 is 4.79 Å². The Bertz CT molecular complexity index is 801. The standard InChI is InChI=1S/C17H18N4OS2/c1-17(2,3)13-9-23-15(19-13)12-6-4-11(5-7-12)8-18-21-16-20-14(22)10-24-16/h4-9H,10H2,1-3H3,(H,20,21,22). The van der Waals surface area contributed by atoms with E-state index in [4.69, 9.17) is 4.98 Å². The Morgan fingerprint density at radius 2 is 2.00 bits per heavy atom. The van der Waals surface area contributed by atoms with Gasteiger partial charge < -0.3 is 5.32 Å². The van der Waals surface area contributed by atoms with Crippen LogP contribution in [0.1, 0.15) is 32.0 Å². The summed E-state index contributed by atoms with van der Waals surface area (Å²) in [6.07, 6.45) is 1.67. The van der Waals surface area contributed by atoms with Gasteiger partial charge in [0.2, 0.25) is 5.91 Å². The van der Waals surface area contributed by atoms with Gasteiger partial charge in [-0.2, -0.15) is 5.10 Å². The lowest BCUT2D eigenvalue weighted by Gasteiger charge is -2.14. The summed E-state index contributed by atoms with van der Waals surface area (Å²) in [7, 11) is 0. The van der Waals surface area contributed by atoms with Crippen LogP contribution in [0.2, 0.25) is 0 Å². The molecule has 1 aliphatic heterocycles. The van der Waals surface area contributed by atoms with Gasteiger partial charge in [-0.3, -0.25) is 4.79 Å². The number of hydrogen-bond acceptors (Lipinski definition) is 6. The number of carbonyl (C=O) groups is 1. The van der Waals surface area contributed by atoms with Gasteiger partial charge in [0.15, 0.2) is 5.17 Å². The highest BCUT2D eigenvalue weighted by atomic mass is 32.2. The van der Waals surface area contributed by atoms with Crippen molar-refractivity contribution in [2.45, 2.75) is 26.2 Å². The van der Waals surface area contributed by atoms with Crippen LogP contribution >= 0.6 is 23.1 Å². The third kappa shape index (κ3) is 4.10. The summed E-state index contributed by atoms with van der Waals surface area (Å²) in [6.45, 7) is 6.49. The predicted molar refractivity (Wildman–Crippen MR) is 102 cm³/mol. The van der Waals surface area contributed by atoms with Gasteiger partial charge in [0, 0.05) is 16.4 Å². The van der Waals surface area contributed by atoms with E-state index < -0.39 is 0 Å². The minimum Gasteiger partial charge on any atom is -0.303 e. The van der Waals surface area contributed by atoms with Gasteiger partial charge in [-0.15, -0.1) is 16.4 Å². The van der Waals surface area contributed by atoms with Gasteiger partial charge in [0.05, 0.1) is 17.7 Å². The molecular formula is C17H18N4OS2. The summed E-state index contributed by atoms with van der Waals surface area (Å²) >= 11 is 3.02. The lowest BCUT2D eigenvalue weighted by Crippen LogP contribution is -2.19. The summed E-state index contributed by atoms with van der Waals surface area (Å²) in [5, 5.41) is 14.3. The van der Waals surface area contributed by atoms with Crippen LogP contribution in [-0.2, 0) is 10.2 Å². The van der Waals surface area contributed by atoms with Crippen LogP contribution in [0.5, 0.6) is 0 Å². The zero-order chi connectivity index (χ0) is 17.2. The monoisotopic (exact) mass is 358 g/mol. The molecule has 3 rings (SSSR count). The highest BCUT2D eigenvalue weighted by molar-refractivity contribution is 8.15. The van der Waals surface area contributed by atoms with Crippen molar-refractivity contribution in [3.8, 4) is 10.6 Å². The second-order valence-corrected chi connectivity index (χ2v) is 8.22. The van der Waals surface area contributed by atoms with Crippen molar-refractivity contribution in [3.05, 3.63) is 40.9 Å². The van der Waals surface area contributed by atoms with Gasteiger partial charge in [-0.05, 0) is 5.56 Å². The maximum absolute atomic E-state index is 11.1. The number of thiazole rings is 1. The number of benzene rings is 1. The average molecular weight is 358 g/mol. The number of nitrogens with zero attached hydrogens (tertiary/aromatic N) is 3. The van der Waals surface area contributed by atoms with E-state index in [1.54, 1.807) is 17.6 Å². The van der Waals surface area contributed by atoms with Gasteiger partial charge in [-0.25, -0.2) is 4.98 Å². The van der Waals surface area contributed by atoms with E-state index in [9.17, 15) is 4.79 Å². The molecule has 0 atom stereocenters. The second-order valence-electron chi connectivity index (χ2n) is 6.40. The minimum absolute atomic E-state index is 0.0311. The summed E-state index contributed by atoms with van der Waals surface area (Å²) in [5.74, 6) is 0.379. The molecule has 2 aromatic rings. The van der Waals surface area contributed by atoms with Gasteiger partial charge >= 0.3 is 0 Å². The number of nitrogens with one attached hydrogen (secondary N) is 1. The molecule has 1 N–H and O–H groups in total. The molecule has 7 heteroatoms. The van der Waals surface area contributed by atoms with Crippen LogP contribution < -0.4 is 5.32 Å². The lowest BCUT2D eigenvalue weighted by atomic mass is 9.93. The second kappa shape index (κ2) is 6.86. The van der Waals surface area contributed by atoms with Crippen molar-refractivity contribution in [1.29, 1.82) is 0 Å². The molecule has 1 saturated heterocycles. The molecule has 0 aliphatic carbocycles. The Labute approximate surface area is 149 Å². The molecule has 1 aliphatic rings. The first-order valence-corrected chi connectivity index (χ1v) is 9.38. The largest absolute Gasteiger partial charge is 0.303 e. The van der Waals surface area contributed by atoms with Gasteiger partial charge in [0.25, 0.3) is 0 Å². The highest BCUT2D eigenvalue weighted by Crippen LogP contribution is 2.29. The van der Waals surface area contributed by atoms with Crippen molar-refractivity contribution in [1.82, 2.24) is 10.3 Å². The van der Waals surface area contributed by atoms with Gasteiger partial charge in [0.1, 0.15) is 5.01 Å². The smallest absolute Gasteiger partial charge is 0.236 e. The molecule has 1 aromatic heterocycles. The first kappa shape index (κ1) is 16.9. The Hall–Kier alpha value is -1.99. The first-order valence-electron chi connectivity index (χ1n) is 7.52. The van der Waals surface area contributed by atoms with E-state index in [2.05, 4.69) is 41.7 Å². The molecule has 1 fully saturated rings. The fraction of sp³-hybridized carbons (Fsp3) is 0.294. The number of rotatable bonds is 3. The Morgan fingerprint density at radius 1 is 1.25 bits per heavy atom. The SMILES string of the molecule is CC(C)(C)c1csc(-c2ccc(C=NN=C3NC(=O)CS3)cc2)n1. The molecule has 0 saturated carbocycles. The van der Waals surface area contributed by atoms with Crippen LogP contribution in [0.3, 0.4) is 0 Å². The van der Waals surface area contributed by atoms with Crippen molar-refractivity contribution in [3.63, 3.8) is 0 Å². The van der Waals surface area contributed by atoms with Crippen LogP contribution in [0, 0.1) is 0 Å². The van der Waals surface area contributed by atoms with Gasteiger partial charge in [-0.1, -0.05) is 56.8 Å². The molecule has 0 bridgehead atoms.